The third kappa shape index (κ3) is 5.63. The van der Waals surface area contributed by atoms with E-state index in [-0.39, 0.29) is 5.91 Å². The molecule has 0 radical (unpaired) electrons. The van der Waals surface area contributed by atoms with Crippen molar-refractivity contribution in [3.05, 3.63) is 48.3 Å². The highest BCUT2D eigenvalue weighted by Gasteiger charge is 2.19. The predicted octanol–water partition coefficient (Wildman–Crippen LogP) is 2.47. The van der Waals surface area contributed by atoms with E-state index >= 15 is 0 Å². The molecule has 1 N–H and O–H groups in total. The van der Waals surface area contributed by atoms with Crippen LogP contribution in [-0.2, 0) is 4.74 Å². The molecule has 1 aromatic heterocycles. The summed E-state index contributed by atoms with van der Waals surface area (Å²) < 4.78 is 6.89. The minimum atomic E-state index is -0.543. The minimum absolute atomic E-state index is 0.285. The van der Waals surface area contributed by atoms with E-state index in [1.165, 1.54) is 4.90 Å². The molecule has 134 valence electrons. The lowest BCUT2D eigenvalue weighted by atomic mass is 10.2. The second kappa shape index (κ2) is 7.83. The van der Waals surface area contributed by atoms with Gasteiger partial charge in [-0.2, -0.15) is 5.10 Å². The molecule has 0 atom stereocenters. The molecule has 7 heteroatoms. The van der Waals surface area contributed by atoms with Crippen LogP contribution in [0.3, 0.4) is 0 Å². The Morgan fingerprint density at radius 1 is 1.20 bits per heavy atom. The Hall–Kier alpha value is -2.83. The van der Waals surface area contributed by atoms with Crippen molar-refractivity contribution in [2.24, 2.45) is 0 Å². The Balaban J connectivity index is 1.83. The van der Waals surface area contributed by atoms with E-state index < -0.39 is 11.7 Å². The molecule has 0 spiro atoms. The van der Waals surface area contributed by atoms with Crippen molar-refractivity contribution in [3.63, 3.8) is 0 Å². The summed E-state index contributed by atoms with van der Waals surface area (Å²) in [6.07, 6.45) is 1.31. The monoisotopic (exact) mass is 344 g/mol. The zero-order valence-electron chi connectivity index (χ0n) is 15.0. The third-order valence-corrected chi connectivity index (χ3v) is 3.28. The van der Waals surface area contributed by atoms with Crippen molar-refractivity contribution in [2.45, 2.75) is 26.4 Å². The van der Waals surface area contributed by atoms with E-state index in [0.29, 0.717) is 18.8 Å². The molecule has 0 aliphatic rings. The van der Waals surface area contributed by atoms with Gasteiger partial charge in [-0.05, 0) is 39.0 Å². The van der Waals surface area contributed by atoms with Gasteiger partial charge in [0, 0.05) is 26.3 Å². The maximum Gasteiger partial charge on any atom is 0.410 e. The van der Waals surface area contributed by atoms with Crippen LogP contribution in [0.15, 0.2) is 42.6 Å². The number of benzene rings is 1. The van der Waals surface area contributed by atoms with Crippen LogP contribution < -0.4 is 5.32 Å². The van der Waals surface area contributed by atoms with Crippen molar-refractivity contribution in [1.82, 2.24) is 20.0 Å². The highest BCUT2D eigenvalue weighted by molar-refractivity contribution is 5.92. The number of carbonyl (C=O) groups excluding carboxylic acids is 2. The normalized spacial score (nSPS) is 11.0. The van der Waals surface area contributed by atoms with Crippen molar-refractivity contribution in [1.29, 1.82) is 0 Å². The van der Waals surface area contributed by atoms with Gasteiger partial charge in [0.1, 0.15) is 5.60 Å². The molecule has 7 nitrogen and oxygen atoms in total. The molecular weight excluding hydrogens is 320 g/mol. The molecular formula is C18H24N4O3. The zero-order chi connectivity index (χ0) is 18.4. The SMILES string of the molecule is CN(CCNC(=O)c1ccn(-c2ccccc2)n1)C(=O)OC(C)(C)C. The van der Waals surface area contributed by atoms with E-state index in [2.05, 4.69) is 10.4 Å². The second-order valence-electron chi connectivity index (χ2n) is 6.64. The fraction of sp³-hybridized carbons (Fsp3) is 0.389. The van der Waals surface area contributed by atoms with Gasteiger partial charge in [-0.15, -0.1) is 0 Å². The summed E-state index contributed by atoms with van der Waals surface area (Å²) in [4.78, 5) is 25.4. The molecule has 1 aromatic carbocycles. The van der Waals surface area contributed by atoms with Crippen LogP contribution in [0.2, 0.25) is 0 Å². The maximum atomic E-state index is 12.1. The molecule has 0 aliphatic heterocycles. The summed E-state index contributed by atoms with van der Waals surface area (Å²) in [6.45, 7) is 6.09. The topological polar surface area (TPSA) is 76.5 Å². The Bertz CT molecular complexity index is 719. The van der Waals surface area contributed by atoms with Gasteiger partial charge in [-0.3, -0.25) is 4.79 Å². The van der Waals surface area contributed by atoms with Gasteiger partial charge >= 0.3 is 6.09 Å². The minimum Gasteiger partial charge on any atom is -0.444 e. The number of hydrogen-bond donors (Lipinski definition) is 1. The average Bonchev–Trinajstić information content (AvgIpc) is 3.04. The molecule has 1 heterocycles. The molecule has 25 heavy (non-hydrogen) atoms. The zero-order valence-corrected chi connectivity index (χ0v) is 15.0. The maximum absolute atomic E-state index is 12.1. The second-order valence-corrected chi connectivity index (χ2v) is 6.64. The first-order valence-electron chi connectivity index (χ1n) is 8.10. The number of amides is 2. The van der Waals surface area contributed by atoms with Gasteiger partial charge < -0.3 is 15.0 Å². The number of carbonyl (C=O) groups is 2. The van der Waals surface area contributed by atoms with Crippen LogP contribution in [0.4, 0.5) is 4.79 Å². The molecule has 2 amide bonds. The smallest absolute Gasteiger partial charge is 0.410 e. The van der Waals surface area contributed by atoms with Gasteiger partial charge in [0.15, 0.2) is 5.69 Å². The van der Waals surface area contributed by atoms with E-state index in [0.717, 1.165) is 5.69 Å². The lowest BCUT2D eigenvalue weighted by Gasteiger charge is -2.24. The fourth-order valence-corrected chi connectivity index (χ4v) is 2.03. The van der Waals surface area contributed by atoms with Crippen molar-refractivity contribution in [2.75, 3.05) is 20.1 Å². The van der Waals surface area contributed by atoms with Crippen LogP contribution in [-0.4, -0.2) is 52.4 Å². The molecule has 0 saturated carbocycles. The predicted molar refractivity (Wildman–Crippen MR) is 94.8 cm³/mol. The molecule has 2 aromatic rings. The number of para-hydroxylation sites is 1. The van der Waals surface area contributed by atoms with E-state index in [9.17, 15) is 9.59 Å². The third-order valence-electron chi connectivity index (χ3n) is 3.28. The summed E-state index contributed by atoms with van der Waals surface area (Å²) in [5.74, 6) is -0.285. The standard InChI is InChI=1S/C18H24N4O3/c1-18(2,3)25-17(24)21(4)13-11-19-16(23)15-10-12-22(20-15)14-8-6-5-7-9-14/h5-10,12H,11,13H2,1-4H3,(H,19,23). The largest absolute Gasteiger partial charge is 0.444 e. The molecule has 0 aliphatic carbocycles. The number of aromatic nitrogens is 2. The van der Waals surface area contributed by atoms with Gasteiger partial charge in [0.25, 0.3) is 5.91 Å². The summed E-state index contributed by atoms with van der Waals surface area (Å²) in [5, 5.41) is 7.01. The highest BCUT2D eigenvalue weighted by Crippen LogP contribution is 2.09. The van der Waals surface area contributed by atoms with Crippen LogP contribution in [0, 0.1) is 0 Å². The number of ether oxygens (including phenoxy) is 1. The Kier molecular flexibility index (Phi) is 5.80. The molecule has 0 bridgehead atoms. The quantitative estimate of drug-likeness (QED) is 0.904. The van der Waals surface area contributed by atoms with Gasteiger partial charge in [0.05, 0.1) is 5.69 Å². The van der Waals surface area contributed by atoms with Crippen molar-refractivity contribution < 1.29 is 14.3 Å². The lowest BCUT2D eigenvalue weighted by molar-refractivity contribution is 0.0299. The molecule has 0 unspecified atom stereocenters. The van der Waals surface area contributed by atoms with Crippen LogP contribution in [0.5, 0.6) is 0 Å². The Labute approximate surface area is 147 Å². The molecule has 0 saturated heterocycles. The first-order chi connectivity index (χ1) is 11.8. The number of nitrogens with zero attached hydrogens (tertiary/aromatic N) is 3. The number of nitrogens with one attached hydrogen (secondary N) is 1. The van der Waals surface area contributed by atoms with E-state index in [1.807, 2.05) is 51.1 Å². The number of likely N-dealkylation sites (N-methyl/N-ethyl adjacent to an activating group) is 1. The first-order valence-corrected chi connectivity index (χ1v) is 8.10. The Morgan fingerprint density at radius 3 is 2.52 bits per heavy atom. The summed E-state index contributed by atoms with van der Waals surface area (Å²) in [5.41, 5.74) is 0.661. The average molecular weight is 344 g/mol. The highest BCUT2D eigenvalue weighted by atomic mass is 16.6. The first kappa shape index (κ1) is 18.5. The Morgan fingerprint density at radius 2 is 1.88 bits per heavy atom. The fourth-order valence-electron chi connectivity index (χ4n) is 2.03. The number of rotatable bonds is 5. The van der Waals surface area contributed by atoms with Crippen LogP contribution >= 0.6 is 0 Å². The van der Waals surface area contributed by atoms with E-state index in [1.54, 1.807) is 24.0 Å². The van der Waals surface area contributed by atoms with Crippen molar-refractivity contribution >= 4 is 12.0 Å². The summed E-state index contributed by atoms with van der Waals surface area (Å²) >= 11 is 0. The molecule has 2 rings (SSSR count). The lowest BCUT2D eigenvalue weighted by Crippen LogP contribution is -2.39. The summed E-state index contributed by atoms with van der Waals surface area (Å²) in [6, 6.07) is 11.2. The van der Waals surface area contributed by atoms with Crippen LogP contribution in [0.1, 0.15) is 31.3 Å². The molecule has 0 fully saturated rings. The van der Waals surface area contributed by atoms with Gasteiger partial charge in [0.2, 0.25) is 0 Å². The van der Waals surface area contributed by atoms with E-state index in [4.69, 9.17) is 4.74 Å². The summed E-state index contributed by atoms with van der Waals surface area (Å²) in [7, 11) is 1.63. The van der Waals surface area contributed by atoms with Crippen LogP contribution in [0.25, 0.3) is 5.69 Å². The van der Waals surface area contributed by atoms with Crippen molar-refractivity contribution in [3.8, 4) is 5.69 Å². The van der Waals surface area contributed by atoms with Gasteiger partial charge in [-0.1, -0.05) is 18.2 Å². The van der Waals surface area contributed by atoms with Gasteiger partial charge in [-0.25, -0.2) is 9.48 Å². The number of hydrogen-bond acceptors (Lipinski definition) is 4.